The smallest absolute Gasteiger partial charge is 0.305 e. The summed E-state index contributed by atoms with van der Waals surface area (Å²) >= 11 is 0. The molecule has 4 aliphatic carbocycles. The quantitative estimate of drug-likeness (QED) is 0.331. The van der Waals surface area contributed by atoms with Gasteiger partial charge in [-0.25, -0.2) is 0 Å². The fourth-order valence-electron chi connectivity index (χ4n) is 9.74. The Bertz CT molecular complexity index is 872. The molecule has 0 bridgehead atoms. The van der Waals surface area contributed by atoms with Crippen LogP contribution in [-0.2, 0) is 33.3 Å². The van der Waals surface area contributed by atoms with Crippen molar-refractivity contribution in [1.82, 2.24) is 0 Å². The Hall–Kier alpha value is -1.63. The maximum Gasteiger partial charge on any atom is 0.305 e. The SMILES string of the molecule is COC(=O)CC[C@@H](C)[C@H]1CC[C@H]2[C@@H]3[C@H](OC(C)=O)CC4C[C@H](OC(C)=O)CC[C@]4(C)[C@H]3C[C@H](OC)[C@]12C. The van der Waals surface area contributed by atoms with Gasteiger partial charge in [0.15, 0.2) is 0 Å². The molecule has 0 amide bonds. The Morgan fingerprint density at radius 1 is 0.919 bits per heavy atom. The van der Waals surface area contributed by atoms with Crippen LogP contribution in [0.2, 0.25) is 0 Å². The minimum atomic E-state index is -0.218. The van der Waals surface area contributed by atoms with E-state index in [1.165, 1.54) is 21.0 Å². The van der Waals surface area contributed by atoms with E-state index in [-0.39, 0.29) is 47.0 Å². The molecule has 0 aromatic carbocycles. The third-order valence-electron chi connectivity index (χ3n) is 11.4. The van der Waals surface area contributed by atoms with Gasteiger partial charge < -0.3 is 18.9 Å². The Labute approximate surface area is 222 Å². The van der Waals surface area contributed by atoms with Crippen molar-refractivity contribution in [2.24, 2.45) is 46.3 Å². The Morgan fingerprint density at radius 2 is 1.62 bits per heavy atom. The zero-order chi connectivity index (χ0) is 27.1. The summed E-state index contributed by atoms with van der Waals surface area (Å²) in [6.07, 6.45) is 7.94. The van der Waals surface area contributed by atoms with E-state index in [0.29, 0.717) is 41.9 Å². The van der Waals surface area contributed by atoms with Crippen LogP contribution >= 0.6 is 0 Å². The molecule has 7 heteroatoms. The summed E-state index contributed by atoms with van der Waals surface area (Å²) in [5, 5.41) is 0. The van der Waals surface area contributed by atoms with Crippen LogP contribution in [0.5, 0.6) is 0 Å². The Morgan fingerprint density at radius 3 is 2.24 bits per heavy atom. The molecule has 0 radical (unpaired) electrons. The normalized spacial score (nSPS) is 43.5. The molecular formula is C30H48O7. The van der Waals surface area contributed by atoms with E-state index in [1.807, 2.05) is 7.11 Å². The lowest BCUT2D eigenvalue weighted by Crippen LogP contribution is -2.63. The fourth-order valence-corrected chi connectivity index (χ4v) is 9.74. The first-order valence-electron chi connectivity index (χ1n) is 14.4. The standard InChI is InChI=1S/C30H48O7/c1-17(8-11-27(33)35-7)22-9-10-23-28-24(16-26(34-6)30(22,23)5)29(4)13-12-21(36-18(2)31)14-20(29)15-25(28)37-19(3)32/h17,20-26,28H,8-16H2,1-7H3/t17-,20?,21-,22-,23+,24+,25-,26+,28+,29+,30-/m1/s1. The van der Waals surface area contributed by atoms with Crippen molar-refractivity contribution in [2.75, 3.05) is 14.2 Å². The first kappa shape index (κ1) is 28.4. The molecule has 0 aromatic heterocycles. The first-order chi connectivity index (χ1) is 17.4. The highest BCUT2D eigenvalue weighted by atomic mass is 16.5. The van der Waals surface area contributed by atoms with Gasteiger partial charge in [0.05, 0.1) is 13.2 Å². The van der Waals surface area contributed by atoms with E-state index in [0.717, 1.165) is 51.4 Å². The molecule has 4 aliphatic rings. The average Bonchev–Trinajstić information content (AvgIpc) is 3.19. The first-order valence-corrected chi connectivity index (χ1v) is 14.4. The van der Waals surface area contributed by atoms with Crippen LogP contribution in [0, 0.1) is 46.3 Å². The number of methoxy groups -OCH3 is 2. The molecule has 0 aromatic rings. The van der Waals surface area contributed by atoms with E-state index in [4.69, 9.17) is 18.9 Å². The fraction of sp³-hybridized carbons (Fsp3) is 0.900. The third kappa shape index (κ3) is 5.06. The maximum atomic E-state index is 12.3. The summed E-state index contributed by atoms with van der Waals surface area (Å²) in [6.45, 7) is 10.1. The molecular weight excluding hydrogens is 472 g/mol. The topological polar surface area (TPSA) is 88.1 Å². The zero-order valence-electron chi connectivity index (χ0n) is 23.9. The molecule has 0 heterocycles. The minimum Gasteiger partial charge on any atom is -0.469 e. The number of carbonyl (C=O) groups is 3. The van der Waals surface area contributed by atoms with E-state index in [2.05, 4.69) is 20.8 Å². The number of hydrogen-bond acceptors (Lipinski definition) is 7. The highest BCUT2D eigenvalue weighted by Crippen LogP contribution is 2.69. The monoisotopic (exact) mass is 520 g/mol. The van der Waals surface area contributed by atoms with Crippen LogP contribution < -0.4 is 0 Å². The van der Waals surface area contributed by atoms with Crippen molar-refractivity contribution in [3.05, 3.63) is 0 Å². The molecule has 0 N–H and O–H groups in total. The van der Waals surface area contributed by atoms with Crippen LogP contribution in [0.3, 0.4) is 0 Å². The van der Waals surface area contributed by atoms with Gasteiger partial charge >= 0.3 is 17.9 Å². The van der Waals surface area contributed by atoms with Gasteiger partial charge in [0.25, 0.3) is 0 Å². The maximum absolute atomic E-state index is 12.3. The van der Waals surface area contributed by atoms with E-state index in [9.17, 15) is 14.4 Å². The molecule has 0 saturated heterocycles. The Kier molecular flexibility index (Phi) is 8.33. The molecule has 7 nitrogen and oxygen atoms in total. The lowest BCUT2D eigenvalue weighted by molar-refractivity contribution is -0.222. The van der Waals surface area contributed by atoms with Crippen molar-refractivity contribution < 1.29 is 33.3 Å². The van der Waals surface area contributed by atoms with Gasteiger partial charge in [0, 0.05) is 38.7 Å². The van der Waals surface area contributed by atoms with Gasteiger partial charge in [0.1, 0.15) is 12.2 Å². The molecule has 4 fully saturated rings. The van der Waals surface area contributed by atoms with Crippen LogP contribution in [0.25, 0.3) is 0 Å². The van der Waals surface area contributed by atoms with Crippen LogP contribution in [0.15, 0.2) is 0 Å². The van der Waals surface area contributed by atoms with Crippen molar-refractivity contribution in [2.45, 2.75) is 111 Å². The van der Waals surface area contributed by atoms with Gasteiger partial charge in [-0.2, -0.15) is 0 Å². The van der Waals surface area contributed by atoms with Crippen molar-refractivity contribution in [1.29, 1.82) is 0 Å². The molecule has 37 heavy (non-hydrogen) atoms. The predicted octanol–water partition coefficient (Wildman–Crippen LogP) is 5.33. The summed E-state index contributed by atoms with van der Waals surface area (Å²) in [4.78, 5) is 35.9. The molecule has 4 saturated carbocycles. The summed E-state index contributed by atoms with van der Waals surface area (Å²) in [6, 6.07) is 0. The second-order valence-electron chi connectivity index (χ2n) is 13.0. The summed E-state index contributed by atoms with van der Waals surface area (Å²) in [7, 11) is 3.31. The predicted molar refractivity (Wildman–Crippen MR) is 138 cm³/mol. The number of rotatable bonds is 7. The van der Waals surface area contributed by atoms with Crippen LogP contribution in [-0.4, -0.2) is 50.4 Å². The number of fused-ring (bicyclic) bond motifs is 5. The second kappa shape index (κ2) is 10.9. The minimum absolute atomic E-state index is 0.0397. The molecule has 4 rings (SSSR count). The summed E-state index contributed by atoms with van der Waals surface area (Å²) in [5.41, 5.74) is 0.0622. The largest absolute Gasteiger partial charge is 0.469 e. The van der Waals surface area contributed by atoms with Crippen molar-refractivity contribution in [3.63, 3.8) is 0 Å². The summed E-state index contributed by atoms with van der Waals surface area (Å²) < 4.78 is 23.0. The lowest BCUT2D eigenvalue weighted by Gasteiger charge is -2.64. The van der Waals surface area contributed by atoms with E-state index >= 15 is 0 Å². The highest BCUT2D eigenvalue weighted by molar-refractivity contribution is 5.69. The molecule has 1 unspecified atom stereocenters. The number of esters is 3. The van der Waals surface area contributed by atoms with Gasteiger partial charge in [-0.3, -0.25) is 14.4 Å². The van der Waals surface area contributed by atoms with Crippen LogP contribution in [0.1, 0.15) is 92.4 Å². The van der Waals surface area contributed by atoms with Crippen molar-refractivity contribution >= 4 is 17.9 Å². The molecule has 0 aliphatic heterocycles. The molecule has 210 valence electrons. The summed E-state index contributed by atoms with van der Waals surface area (Å²) in [5.74, 6) is 1.66. The molecule has 0 spiro atoms. The van der Waals surface area contributed by atoms with E-state index in [1.54, 1.807) is 0 Å². The van der Waals surface area contributed by atoms with Gasteiger partial charge in [-0.05, 0) is 86.4 Å². The second-order valence-corrected chi connectivity index (χ2v) is 13.0. The van der Waals surface area contributed by atoms with Gasteiger partial charge in [0.2, 0.25) is 0 Å². The van der Waals surface area contributed by atoms with Gasteiger partial charge in [-0.15, -0.1) is 0 Å². The Balaban J connectivity index is 1.65. The van der Waals surface area contributed by atoms with E-state index < -0.39 is 0 Å². The molecule has 11 atom stereocenters. The van der Waals surface area contributed by atoms with Gasteiger partial charge in [-0.1, -0.05) is 20.8 Å². The average molecular weight is 521 g/mol. The number of carbonyl (C=O) groups excluding carboxylic acids is 3. The third-order valence-corrected chi connectivity index (χ3v) is 11.4. The zero-order valence-corrected chi connectivity index (χ0v) is 23.9. The van der Waals surface area contributed by atoms with Crippen LogP contribution in [0.4, 0.5) is 0 Å². The highest BCUT2D eigenvalue weighted by Gasteiger charge is 2.67. The number of ether oxygens (including phenoxy) is 4. The number of hydrogen-bond donors (Lipinski definition) is 0. The lowest BCUT2D eigenvalue weighted by atomic mass is 9.43. The van der Waals surface area contributed by atoms with Crippen molar-refractivity contribution in [3.8, 4) is 0 Å².